The summed E-state index contributed by atoms with van der Waals surface area (Å²) >= 11 is 0. The molecule has 1 aromatic carbocycles. The Hall–Kier alpha value is -1.97. The summed E-state index contributed by atoms with van der Waals surface area (Å²) in [5.41, 5.74) is 3.60. The molecular formula is C15H20N4. The van der Waals surface area contributed by atoms with Gasteiger partial charge in [-0.05, 0) is 19.4 Å². The van der Waals surface area contributed by atoms with Crippen molar-refractivity contribution in [2.75, 3.05) is 23.7 Å². The third kappa shape index (κ3) is 2.18. The van der Waals surface area contributed by atoms with Crippen LogP contribution in [0.3, 0.4) is 0 Å². The third-order valence-corrected chi connectivity index (χ3v) is 3.74. The van der Waals surface area contributed by atoms with Gasteiger partial charge in [-0.25, -0.2) is 4.68 Å². The highest BCUT2D eigenvalue weighted by Crippen LogP contribution is 2.30. The van der Waals surface area contributed by atoms with Crippen LogP contribution in [0.25, 0.3) is 0 Å². The lowest BCUT2D eigenvalue weighted by molar-refractivity contribution is 0.653. The van der Waals surface area contributed by atoms with Crippen LogP contribution in [0, 0.1) is 6.92 Å². The smallest absolute Gasteiger partial charge is 0.148 e. The zero-order valence-electron chi connectivity index (χ0n) is 11.5. The van der Waals surface area contributed by atoms with Gasteiger partial charge in [0.25, 0.3) is 0 Å². The van der Waals surface area contributed by atoms with E-state index < -0.39 is 0 Å². The molecule has 0 bridgehead atoms. The lowest BCUT2D eigenvalue weighted by Crippen LogP contribution is -2.18. The summed E-state index contributed by atoms with van der Waals surface area (Å²) in [5, 5.41) is 11.6. The first-order valence-corrected chi connectivity index (χ1v) is 6.89. The molecule has 0 spiro atoms. The summed E-state index contributed by atoms with van der Waals surface area (Å²) in [7, 11) is 0. The number of rotatable bonds is 2. The molecule has 100 valence electrons. The maximum Gasteiger partial charge on any atom is 0.148 e. The van der Waals surface area contributed by atoms with Crippen LogP contribution in [-0.4, -0.2) is 22.9 Å². The number of nitrogens with zero attached hydrogens (tertiary/aromatic N) is 2. The van der Waals surface area contributed by atoms with E-state index in [-0.39, 0.29) is 0 Å². The predicted octanol–water partition coefficient (Wildman–Crippen LogP) is 2.83. The number of hydrogen-bond donors (Lipinski definition) is 2. The Labute approximate surface area is 113 Å². The Morgan fingerprint density at radius 3 is 2.68 bits per heavy atom. The second kappa shape index (κ2) is 4.96. The van der Waals surface area contributed by atoms with E-state index in [1.54, 1.807) is 0 Å². The number of benzene rings is 1. The highest BCUT2D eigenvalue weighted by molar-refractivity contribution is 5.69. The molecule has 4 nitrogen and oxygen atoms in total. The van der Waals surface area contributed by atoms with Crippen LogP contribution in [0.4, 0.5) is 11.5 Å². The normalized spacial score (nSPS) is 18.1. The van der Waals surface area contributed by atoms with Gasteiger partial charge in [0, 0.05) is 25.6 Å². The van der Waals surface area contributed by atoms with Crippen LogP contribution in [0.15, 0.2) is 30.3 Å². The van der Waals surface area contributed by atoms with Crippen LogP contribution in [-0.2, 0) is 6.54 Å². The average molecular weight is 256 g/mol. The first-order valence-electron chi connectivity index (χ1n) is 6.89. The molecule has 1 unspecified atom stereocenters. The molecular weight excluding hydrogens is 236 g/mol. The Balaban J connectivity index is 1.85. The van der Waals surface area contributed by atoms with E-state index in [9.17, 15) is 0 Å². The van der Waals surface area contributed by atoms with E-state index in [1.165, 1.54) is 5.56 Å². The molecule has 0 aliphatic carbocycles. The lowest BCUT2D eigenvalue weighted by Gasteiger charge is -2.15. The molecule has 0 radical (unpaired) electrons. The Kier molecular flexibility index (Phi) is 3.15. The number of anilines is 2. The summed E-state index contributed by atoms with van der Waals surface area (Å²) in [6.07, 6.45) is 0. The van der Waals surface area contributed by atoms with Crippen molar-refractivity contribution < 1.29 is 0 Å². The van der Waals surface area contributed by atoms with Crippen LogP contribution < -0.4 is 10.6 Å². The van der Waals surface area contributed by atoms with E-state index in [4.69, 9.17) is 0 Å². The van der Waals surface area contributed by atoms with Crippen molar-refractivity contribution >= 4 is 11.5 Å². The summed E-state index contributed by atoms with van der Waals surface area (Å²) in [5.74, 6) is 1.61. The summed E-state index contributed by atoms with van der Waals surface area (Å²) in [6, 6.07) is 10.7. The number of hydrogen-bond acceptors (Lipinski definition) is 3. The van der Waals surface area contributed by atoms with Gasteiger partial charge >= 0.3 is 0 Å². The molecule has 0 fully saturated rings. The largest absolute Gasteiger partial charge is 0.380 e. The molecule has 3 rings (SSSR count). The van der Waals surface area contributed by atoms with Gasteiger partial charge in [0.1, 0.15) is 11.5 Å². The molecule has 1 atom stereocenters. The van der Waals surface area contributed by atoms with Gasteiger partial charge in [-0.3, -0.25) is 0 Å². The highest BCUT2D eigenvalue weighted by atomic mass is 15.3. The highest BCUT2D eigenvalue weighted by Gasteiger charge is 2.21. The zero-order chi connectivity index (χ0) is 13.2. The van der Waals surface area contributed by atoms with Crippen LogP contribution >= 0.6 is 0 Å². The second-order valence-electron chi connectivity index (χ2n) is 4.99. The van der Waals surface area contributed by atoms with Gasteiger partial charge < -0.3 is 10.6 Å². The second-order valence-corrected chi connectivity index (χ2v) is 4.99. The molecule has 0 saturated heterocycles. The standard InChI is InChI=1S/C15H20N4/c1-3-19-15-14(11(2)18-19)16-9-13(10-17-15)12-7-5-4-6-8-12/h4-8,13,16-17H,3,9-10H2,1-2H3. The molecule has 4 heteroatoms. The summed E-state index contributed by atoms with van der Waals surface area (Å²) in [4.78, 5) is 0. The molecule has 0 saturated carbocycles. The molecule has 1 aliphatic heterocycles. The quantitative estimate of drug-likeness (QED) is 0.868. The summed E-state index contributed by atoms with van der Waals surface area (Å²) < 4.78 is 2.03. The topological polar surface area (TPSA) is 41.9 Å². The van der Waals surface area contributed by atoms with Gasteiger partial charge in [0.2, 0.25) is 0 Å². The molecule has 0 amide bonds. The minimum atomic E-state index is 0.485. The number of fused-ring (bicyclic) bond motifs is 1. The Morgan fingerprint density at radius 2 is 1.95 bits per heavy atom. The number of aryl methyl sites for hydroxylation is 2. The van der Waals surface area contributed by atoms with Crippen molar-refractivity contribution in [3.63, 3.8) is 0 Å². The average Bonchev–Trinajstić information content (AvgIpc) is 2.64. The van der Waals surface area contributed by atoms with Gasteiger partial charge in [0.05, 0.1) is 5.69 Å². The van der Waals surface area contributed by atoms with E-state index >= 15 is 0 Å². The Bertz CT molecular complexity index is 559. The maximum atomic E-state index is 4.54. The molecule has 2 heterocycles. The zero-order valence-corrected chi connectivity index (χ0v) is 11.5. The number of nitrogens with one attached hydrogen (secondary N) is 2. The lowest BCUT2D eigenvalue weighted by atomic mass is 9.99. The minimum Gasteiger partial charge on any atom is -0.380 e. The molecule has 2 aromatic rings. The SMILES string of the molecule is CCn1nc(C)c2c1NCC(c1ccccc1)CN2. The van der Waals surface area contributed by atoms with Crippen LogP contribution in [0.1, 0.15) is 24.1 Å². The fourth-order valence-corrected chi connectivity index (χ4v) is 2.68. The maximum absolute atomic E-state index is 4.54. The van der Waals surface area contributed by atoms with Crippen molar-refractivity contribution in [1.82, 2.24) is 9.78 Å². The van der Waals surface area contributed by atoms with E-state index in [0.717, 1.165) is 36.8 Å². The molecule has 1 aromatic heterocycles. The van der Waals surface area contributed by atoms with Crippen LogP contribution in [0.2, 0.25) is 0 Å². The first-order chi connectivity index (χ1) is 9.29. The van der Waals surface area contributed by atoms with Gasteiger partial charge in [0.15, 0.2) is 0 Å². The van der Waals surface area contributed by atoms with E-state index in [1.807, 2.05) is 4.68 Å². The first kappa shape index (κ1) is 12.1. The fourth-order valence-electron chi connectivity index (χ4n) is 2.68. The van der Waals surface area contributed by atoms with E-state index in [2.05, 4.69) is 59.9 Å². The van der Waals surface area contributed by atoms with Crippen molar-refractivity contribution in [2.45, 2.75) is 26.3 Å². The van der Waals surface area contributed by atoms with Crippen molar-refractivity contribution in [2.24, 2.45) is 0 Å². The summed E-state index contributed by atoms with van der Waals surface area (Å²) in [6.45, 7) is 6.95. The molecule has 2 N–H and O–H groups in total. The van der Waals surface area contributed by atoms with Gasteiger partial charge in [-0.15, -0.1) is 0 Å². The van der Waals surface area contributed by atoms with Crippen molar-refractivity contribution in [3.8, 4) is 0 Å². The van der Waals surface area contributed by atoms with Crippen LogP contribution in [0.5, 0.6) is 0 Å². The fraction of sp³-hybridized carbons (Fsp3) is 0.400. The van der Waals surface area contributed by atoms with Gasteiger partial charge in [-0.2, -0.15) is 5.10 Å². The monoisotopic (exact) mass is 256 g/mol. The third-order valence-electron chi connectivity index (χ3n) is 3.74. The van der Waals surface area contributed by atoms with E-state index in [0.29, 0.717) is 5.92 Å². The minimum absolute atomic E-state index is 0.485. The van der Waals surface area contributed by atoms with Crippen molar-refractivity contribution in [3.05, 3.63) is 41.6 Å². The number of aromatic nitrogens is 2. The van der Waals surface area contributed by atoms with Crippen molar-refractivity contribution in [1.29, 1.82) is 0 Å². The van der Waals surface area contributed by atoms with Gasteiger partial charge in [-0.1, -0.05) is 30.3 Å². The molecule has 19 heavy (non-hydrogen) atoms. The Morgan fingerprint density at radius 1 is 1.21 bits per heavy atom. The molecule has 1 aliphatic rings. The predicted molar refractivity (Wildman–Crippen MR) is 78.8 cm³/mol.